The fourth-order valence-corrected chi connectivity index (χ4v) is 5.24. The Morgan fingerprint density at radius 2 is 1.59 bits per heavy atom. The molecular formula is C33H41N3O3. The van der Waals surface area contributed by atoms with E-state index in [9.17, 15) is 4.79 Å². The summed E-state index contributed by atoms with van der Waals surface area (Å²) >= 11 is 0. The maximum atomic E-state index is 12.4. The summed E-state index contributed by atoms with van der Waals surface area (Å²) in [6.07, 6.45) is 4.23. The molecule has 0 radical (unpaired) electrons. The van der Waals surface area contributed by atoms with Crippen molar-refractivity contribution >= 4 is 16.9 Å². The summed E-state index contributed by atoms with van der Waals surface area (Å²) in [5, 5.41) is 3.05. The van der Waals surface area contributed by atoms with Crippen molar-refractivity contribution in [3.05, 3.63) is 87.7 Å². The van der Waals surface area contributed by atoms with E-state index in [1.54, 1.807) is 14.2 Å². The van der Waals surface area contributed by atoms with Gasteiger partial charge in [-0.05, 0) is 98.2 Å². The number of nitrogens with zero attached hydrogens (tertiary/aromatic N) is 2. The van der Waals surface area contributed by atoms with Crippen molar-refractivity contribution in [3.8, 4) is 11.5 Å². The van der Waals surface area contributed by atoms with Gasteiger partial charge in [0.1, 0.15) is 5.82 Å². The zero-order valence-electron chi connectivity index (χ0n) is 24.2. The first-order chi connectivity index (χ1) is 18.8. The number of benzene rings is 3. The lowest BCUT2D eigenvalue weighted by Gasteiger charge is -2.18. The van der Waals surface area contributed by atoms with Gasteiger partial charge in [-0.2, -0.15) is 0 Å². The van der Waals surface area contributed by atoms with Crippen LogP contribution in [-0.2, 0) is 24.2 Å². The molecule has 1 aromatic heterocycles. The second-order valence-corrected chi connectivity index (χ2v) is 10.4. The summed E-state index contributed by atoms with van der Waals surface area (Å²) < 4.78 is 13.0. The number of aromatic nitrogens is 2. The second kappa shape index (κ2) is 12.8. The highest BCUT2D eigenvalue weighted by molar-refractivity contribution is 5.78. The van der Waals surface area contributed by atoms with Gasteiger partial charge >= 0.3 is 0 Å². The van der Waals surface area contributed by atoms with Crippen molar-refractivity contribution in [2.75, 3.05) is 20.8 Å². The quantitative estimate of drug-likeness (QED) is 0.216. The molecular weight excluding hydrogens is 486 g/mol. The van der Waals surface area contributed by atoms with Crippen LogP contribution in [0.1, 0.15) is 58.5 Å². The van der Waals surface area contributed by atoms with Crippen LogP contribution >= 0.6 is 0 Å². The van der Waals surface area contributed by atoms with Crippen molar-refractivity contribution < 1.29 is 14.3 Å². The zero-order chi connectivity index (χ0) is 27.9. The number of aryl methyl sites for hydroxylation is 3. The minimum absolute atomic E-state index is 0.0169. The van der Waals surface area contributed by atoms with Crippen LogP contribution < -0.4 is 14.8 Å². The number of carbonyl (C=O) groups is 1. The van der Waals surface area contributed by atoms with Crippen molar-refractivity contribution in [1.29, 1.82) is 0 Å². The maximum Gasteiger partial charge on any atom is 0.224 e. The van der Waals surface area contributed by atoms with E-state index in [-0.39, 0.29) is 5.91 Å². The van der Waals surface area contributed by atoms with Crippen molar-refractivity contribution in [3.63, 3.8) is 0 Å². The number of rotatable bonds is 12. The van der Waals surface area contributed by atoms with E-state index in [1.165, 1.54) is 33.3 Å². The van der Waals surface area contributed by atoms with Crippen molar-refractivity contribution in [2.24, 2.45) is 0 Å². The van der Waals surface area contributed by atoms with Crippen LogP contribution in [0, 0.1) is 27.7 Å². The smallest absolute Gasteiger partial charge is 0.224 e. The Bertz CT molecular complexity index is 1430. The number of hydrogen-bond donors (Lipinski definition) is 1. The van der Waals surface area contributed by atoms with Gasteiger partial charge in [0.2, 0.25) is 5.91 Å². The number of amides is 1. The first kappa shape index (κ1) is 28.2. The molecule has 0 spiro atoms. The molecule has 1 N–H and O–H groups in total. The Kier molecular flexibility index (Phi) is 9.28. The Balaban J connectivity index is 1.33. The third-order valence-corrected chi connectivity index (χ3v) is 7.78. The van der Waals surface area contributed by atoms with Crippen molar-refractivity contribution in [2.45, 2.75) is 66.3 Å². The molecule has 1 amide bonds. The molecule has 4 aromatic rings. The highest BCUT2D eigenvalue weighted by atomic mass is 16.5. The number of fused-ring (bicyclic) bond motifs is 1. The average Bonchev–Trinajstić information content (AvgIpc) is 3.28. The van der Waals surface area contributed by atoms with E-state index in [0.29, 0.717) is 24.5 Å². The third-order valence-electron chi connectivity index (χ3n) is 7.78. The summed E-state index contributed by atoms with van der Waals surface area (Å²) in [6.45, 7) is 10.4. The first-order valence-electron chi connectivity index (χ1n) is 13.8. The van der Waals surface area contributed by atoms with E-state index < -0.39 is 0 Å². The van der Waals surface area contributed by atoms with E-state index in [2.05, 4.69) is 67.9 Å². The summed E-state index contributed by atoms with van der Waals surface area (Å²) in [5.74, 6) is 2.45. The van der Waals surface area contributed by atoms with Gasteiger partial charge in [0.15, 0.2) is 11.5 Å². The number of carbonyl (C=O) groups excluding carboxylic acids is 1. The first-order valence-corrected chi connectivity index (χ1v) is 13.8. The molecule has 0 fully saturated rings. The minimum atomic E-state index is 0.0169. The molecule has 0 saturated carbocycles. The highest BCUT2D eigenvalue weighted by Gasteiger charge is 2.15. The molecule has 0 aliphatic carbocycles. The number of unbranched alkanes of at least 4 members (excludes halogenated alkanes) is 2. The van der Waals surface area contributed by atoms with Gasteiger partial charge in [-0.25, -0.2) is 4.98 Å². The van der Waals surface area contributed by atoms with Gasteiger partial charge in [0, 0.05) is 19.5 Å². The van der Waals surface area contributed by atoms with Crippen LogP contribution in [0.5, 0.6) is 11.5 Å². The lowest BCUT2D eigenvalue weighted by Crippen LogP contribution is -2.26. The normalized spacial score (nSPS) is 11.1. The Hall–Kier alpha value is -3.80. The molecule has 0 aliphatic rings. The number of nitrogens with one attached hydrogen (secondary N) is 1. The summed E-state index contributed by atoms with van der Waals surface area (Å²) in [4.78, 5) is 17.5. The molecule has 6 heteroatoms. The number of methoxy groups -OCH3 is 2. The van der Waals surface area contributed by atoms with E-state index >= 15 is 0 Å². The van der Waals surface area contributed by atoms with Gasteiger partial charge in [0.05, 0.1) is 31.7 Å². The SMILES string of the molecule is COc1ccc(CC(=O)NCCCCCc2nc3ccccc3n2Cc2c(C)c(C)cc(C)c2C)cc1OC. The fraction of sp³-hybridized carbons (Fsp3) is 0.394. The van der Waals surface area contributed by atoms with Crippen LogP contribution in [-0.4, -0.2) is 36.2 Å². The van der Waals surface area contributed by atoms with Crippen LogP contribution in [0.15, 0.2) is 48.5 Å². The number of hydrogen-bond acceptors (Lipinski definition) is 4. The van der Waals surface area contributed by atoms with Gasteiger partial charge in [-0.1, -0.05) is 30.7 Å². The second-order valence-electron chi connectivity index (χ2n) is 10.4. The van der Waals surface area contributed by atoms with E-state index in [4.69, 9.17) is 14.5 Å². The molecule has 0 aliphatic heterocycles. The predicted molar refractivity (Wildman–Crippen MR) is 158 cm³/mol. The summed E-state index contributed by atoms with van der Waals surface area (Å²) in [6, 6.07) is 16.3. The van der Waals surface area contributed by atoms with Crippen LogP contribution in [0.3, 0.4) is 0 Å². The molecule has 6 nitrogen and oxygen atoms in total. The molecule has 0 bridgehead atoms. The monoisotopic (exact) mass is 527 g/mol. The van der Waals surface area contributed by atoms with E-state index in [1.807, 2.05) is 18.2 Å². The lowest BCUT2D eigenvalue weighted by atomic mass is 9.94. The largest absolute Gasteiger partial charge is 0.493 e. The Morgan fingerprint density at radius 3 is 2.31 bits per heavy atom. The third kappa shape index (κ3) is 6.62. The summed E-state index contributed by atoms with van der Waals surface area (Å²) in [5.41, 5.74) is 9.95. The van der Waals surface area contributed by atoms with Gasteiger partial charge in [0.25, 0.3) is 0 Å². The van der Waals surface area contributed by atoms with Gasteiger partial charge < -0.3 is 19.4 Å². The standard InChI is InChI=1S/C33H41N3O3/c1-22-18-23(2)25(4)27(24(22)3)21-36-29-13-10-9-12-28(29)35-32(36)14-8-7-11-17-34-33(37)20-26-15-16-30(38-5)31(19-26)39-6/h9-10,12-13,15-16,18-19H,7-8,11,14,17,20-21H2,1-6H3,(H,34,37). The van der Waals surface area contributed by atoms with Crippen LogP contribution in [0.2, 0.25) is 0 Å². The average molecular weight is 528 g/mol. The fourth-order valence-electron chi connectivity index (χ4n) is 5.24. The molecule has 39 heavy (non-hydrogen) atoms. The predicted octanol–water partition coefficient (Wildman–Crippen LogP) is 6.41. The zero-order valence-corrected chi connectivity index (χ0v) is 24.2. The molecule has 4 rings (SSSR count). The number of para-hydroxylation sites is 2. The molecule has 3 aromatic carbocycles. The molecule has 0 unspecified atom stereocenters. The van der Waals surface area contributed by atoms with E-state index in [0.717, 1.165) is 49.1 Å². The lowest BCUT2D eigenvalue weighted by molar-refractivity contribution is -0.120. The highest BCUT2D eigenvalue weighted by Crippen LogP contribution is 2.28. The number of imidazole rings is 1. The van der Waals surface area contributed by atoms with Crippen LogP contribution in [0.4, 0.5) is 0 Å². The van der Waals surface area contributed by atoms with Crippen molar-refractivity contribution in [1.82, 2.24) is 14.9 Å². The van der Waals surface area contributed by atoms with Gasteiger partial charge in [-0.15, -0.1) is 0 Å². The summed E-state index contributed by atoms with van der Waals surface area (Å²) in [7, 11) is 3.20. The van der Waals surface area contributed by atoms with Gasteiger partial charge in [-0.3, -0.25) is 4.79 Å². The van der Waals surface area contributed by atoms with Crippen LogP contribution in [0.25, 0.3) is 11.0 Å². The Morgan fingerprint density at radius 1 is 0.872 bits per heavy atom. The maximum absolute atomic E-state index is 12.4. The molecule has 0 saturated heterocycles. The molecule has 206 valence electrons. The molecule has 0 atom stereocenters. The molecule has 1 heterocycles. The number of ether oxygens (including phenoxy) is 2. The Labute approximate surface area is 232 Å². The minimum Gasteiger partial charge on any atom is -0.493 e. The topological polar surface area (TPSA) is 65.4 Å².